The normalized spacial score (nSPS) is 10.6. The topological polar surface area (TPSA) is 86.0 Å². The number of ether oxygens (including phenoxy) is 2. The van der Waals surface area contributed by atoms with Crippen LogP contribution in [0.15, 0.2) is 45.8 Å². The fourth-order valence-electron chi connectivity index (χ4n) is 1.76. The van der Waals surface area contributed by atoms with Gasteiger partial charge in [0.15, 0.2) is 11.5 Å². The standard InChI is InChI=1S/C16H14O6/c1-20-10-3-5-12(16(8-10)21-2)13(17)6-4-11-7-14(18)15(19)9-22-11/h3-9,19H,1-2H3. The van der Waals surface area contributed by atoms with Crippen molar-refractivity contribution >= 4 is 11.9 Å². The highest BCUT2D eigenvalue weighted by molar-refractivity contribution is 6.08. The average Bonchev–Trinajstić information content (AvgIpc) is 2.54. The van der Waals surface area contributed by atoms with Crippen molar-refractivity contribution in [1.29, 1.82) is 0 Å². The number of rotatable bonds is 5. The van der Waals surface area contributed by atoms with Crippen molar-refractivity contribution in [2.45, 2.75) is 0 Å². The molecule has 0 spiro atoms. The number of hydrogen-bond donors (Lipinski definition) is 1. The molecular weight excluding hydrogens is 288 g/mol. The number of ketones is 1. The minimum Gasteiger partial charge on any atom is -0.502 e. The molecule has 0 aliphatic rings. The molecule has 0 unspecified atom stereocenters. The van der Waals surface area contributed by atoms with E-state index in [1.54, 1.807) is 18.2 Å². The van der Waals surface area contributed by atoms with Crippen LogP contribution in [0.25, 0.3) is 6.08 Å². The second-order valence-electron chi connectivity index (χ2n) is 4.30. The summed E-state index contributed by atoms with van der Waals surface area (Å²) in [6.45, 7) is 0. The number of methoxy groups -OCH3 is 2. The van der Waals surface area contributed by atoms with E-state index in [0.717, 1.165) is 12.3 Å². The van der Waals surface area contributed by atoms with E-state index in [4.69, 9.17) is 19.0 Å². The van der Waals surface area contributed by atoms with Gasteiger partial charge in [-0.3, -0.25) is 9.59 Å². The maximum Gasteiger partial charge on any atom is 0.227 e. The van der Waals surface area contributed by atoms with Gasteiger partial charge in [0.05, 0.1) is 19.8 Å². The molecule has 0 saturated carbocycles. The fraction of sp³-hybridized carbons (Fsp3) is 0.125. The number of aromatic hydroxyl groups is 1. The van der Waals surface area contributed by atoms with Crippen molar-refractivity contribution in [1.82, 2.24) is 0 Å². The maximum absolute atomic E-state index is 12.2. The Morgan fingerprint density at radius 3 is 2.64 bits per heavy atom. The molecule has 0 aliphatic heterocycles. The van der Waals surface area contributed by atoms with Gasteiger partial charge in [-0.25, -0.2) is 0 Å². The van der Waals surface area contributed by atoms with Crippen LogP contribution in [-0.2, 0) is 0 Å². The number of carbonyl (C=O) groups is 1. The summed E-state index contributed by atoms with van der Waals surface area (Å²) in [5.41, 5.74) is -0.235. The lowest BCUT2D eigenvalue weighted by atomic mass is 10.1. The Kier molecular flexibility index (Phi) is 4.63. The molecule has 1 aromatic heterocycles. The lowest BCUT2D eigenvalue weighted by Gasteiger charge is -2.07. The van der Waals surface area contributed by atoms with Crippen LogP contribution in [0, 0.1) is 0 Å². The van der Waals surface area contributed by atoms with E-state index in [-0.39, 0.29) is 11.5 Å². The fourth-order valence-corrected chi connectivity index (χ4v) is 1.76. The van der Waals surface area contributed by atoms with Crippen molar-refractivity contribution in [2.24, 2.45) is 0 Å². The van der Waals surface area contributed by atoms with Crippen LogP contribution in [0.1, 0.15) is 16.1 Å². The average molecular weight is 302 g/mol. The van der Waals surface area contributed by atoms with Crippen LogP contribution in [-0.4, -0.2) is 25.1 Å². The monoisotopic (exact) mass is 302 g/mol. The summed E-state index contributed by atoms with van der Waals surface area (Å²) in [4.78, 5) is 23.4. The van der Waals surface area contributed by atoms with Gasteiger partial charge in [0.1, 0.15) is 23.5 Å². The quantitative estimate of drug-likeness (QED) is 0.673. The molecule has 1 aromatic carbocycles. The van der Waals surface area contributed by atoms with Crippen LogP contribution in [0.5, 0.6) is 17.2 Å². The van der Waals surface area contributed by atoms with Crippen molar-refractivity contribution in [2.75, 3.05) is 14.2 Å². The Labute approximate surface area is 126 Å². The number of hydrogen-bond acceptors (Lipinski definition) is 6. The zero-order chi connectivity index (χ0) is 16.1. The zero-order valence-electron chi connectivity index (χ0n) is 12.0. The van der Waals surface area contributed by atoms with Gasteiger partial charge in [0.25, 0.3) is 0 Å². The van der Waals surface area contributed by atoms with Gasteiger partial charge in [0.2, 0.25) is 5.43 Å². The smallest absolute Gasteiger partial charge is 0.227 e. The Morgan fingerprint density at radius 1 is 1.23 bits per heavy atom. The molecule has 0 fully saturated rings. The molecule has 2 rings (SSSR count). The van der Waals surface area contributed by atoms with E-state index in [2.05, 4.69) is 0 Å². The molecule has 0 radical (unpaired) electrons. The van der Waals surface area contributed by atoms with Gasteiger partial charge in [-0.2, -0.15) is 0 Å². The minimum atomic E-state index is -0.583. The highest BCUT2D eigenvalue weighted by Gasteiger charge is 2.11. The Hall–Kier alpha value is -3.02. The number of allylic oxidation sites excluding steroid dienone is 1. The SMILES string of the molecule is COc1ccc(C(=O)C=Cc2cc(=O)c(O)co2)c(OC)c1. The highest BCUT2D eigenvalue weighted by atomic mass is 16.5. The second-order valence-corrected chi connectivity index (χ2v) is 4.30. The van der Waals surface area contributed by atoms with Gasteiger partial charge in [0, 0.05) is 12.1 Å². The first-order chi connectivity index (χ1) is 10.5. The number of benzene rings is 1. The molecule has 22 heavy (non-hydrogen) atoms. The molecule has 2 aromatic rings. The summed E-state index contributed by atoms with van der Waals surface area (Å²) in [5.74, 6) is 0.294. The predicted molar refractivity (Wildman–Crippen MR) is 79.6 cm³/mol. The van der Waals surface area contributed by atoms with E-state index < -0.39 is 11.2 Å². The Morgan fingerprint density at radius 2 is 2.00 bits per heavy atom. The summed E-state index contributed by atoms with van der Waals surface area (Å²) >= 11 is 0. The summed E-state index contributed by atoms with van der Waals surface area (Å²) in [6.07, 6.45) is 3.51. The Balaban J connectivity index is 2.26. The van der Waals surface area contributed by atoms with Gasteiger partial charge in [-0.05, 0) is 24.3 Å². The molecule has 6 heteroatoms. The van der Waals surface area contributed by atoms with Gasteiger partial charge in [-0.15, -0.1) is 0 Å². The molecule has 0 saturated heterocycles. The molecule has 6 nitrogen and oxygen atoms in total. The van der Waals surface area contributed by atoms with E-state index in [1.807, 2.05) is 0 Å². The zero-order valence-corrected chi connectivity index (χ0v) is 12.0. The molecular formula is C16H14O6. The lowest BCUT2D eigenvalue weighted by molar-refractivity contribution is 0.104. The van der Waals surface area contributed by atoms with Gasteiger partial charge in [-0.1, -0.05) is 0 Å². The van der Waals surface area contributed by atoms with E-state index in [1.165, 1.54) is 26.4 Å². The third-order valence-electron chi connectivity index (χ3n) is 2.91. The summed E-state index contributed by atoms with van der Waals surface area (Å²) in [6, 6.07) is 5.91. The predicted octanol–water partition coefficient (Wildman–Crippen LogP) is 2.26. The molecule has 0 bridgehead atoms. The van der Waals surface area contributed by atoms with Crippen molar-refractivity contribution in [3.05, 3.63) is 58.2 Å². The first-order valence-corrected chi connectivity index (χ1v) is 6.31. The van der Waals surface area contributed by atoms with Crippen molar-refractivity contribution < 1.29 is 23.8 Å². The summed E-state index contributed by atoms with van der Waals surface area (Å²) in [5, 5.41) is 9.09. The molecule has 0 aliphatic carbocycles. The summed E-state index contributed by atoms with van der Waals surface area (Å²) in [7, 11) is 2.97. The second kappa shape index (κ2) is 6.62. The number of carbonyl (C=O) groups excluding carboxylic acids is 1. The molecule has 0 amide bonds. The van der Waals surface area contributed by atoms with Crippen LogP contribution in [0.4, 0.5) is 0 Å². The molecule has 1 heterocycles. The highest BCUT2D eigenvalue weighted by Crippen LogP contribution is 2.25. The first kappa shape index (κ1) is 15.4. The first-order valence-electron chi connectivity index (χ1n) is 6.31. The van der Waals surface area contributed by atoms with Gasteiger partial charge >= 0.3 is 0 Å². The third kappa shape index (κ3) is 3.35. The van der Waals surface area contributed by atoms with Crippen LogP contribution in [0.3, 0.4) is 0 Å². The molecule has 0 atom stereocenters. The van der Waals surface area contributed by atoms with Crippen LogP contribution < -0.4 is 14.9 Å². The van der Waals surface area contributed by atoms with Crippen LogP contribution in [0.2, 0.25) is 0 Å². The van der Waals surface area contributed by atoms with E-state index >= 15 is 0 Å². The van der Waals surface area contributed by atoms with Crippen molar-refractivity contribution in [3.8, 4) is 17.2 Å². The lowest BCUT2D eigenvalue weighted by Crippen LogP contribution is -2.00. The Bertz CT molecular complexity index is 772. The largest absolute Gasteiger partial charge is 0.502 e. The van der Waals surface area contributed by atoms with E-state index in [0.29, 0.717) is 17.1 Å². The third-order valence-corrected chi connectivity index (χ3v) is 2.91. The van der Waals surface area contributed by atoms with Gasteiger partial charge < -0.3 is 19.0 Å². The van der Waals surface area contributed by atoms with Crippen LogP contribution >= 0.6 is 0 Å². The minimum absolute atomic E-state index is 0.156. The maximum atomic E-state index is 12.2. The van der Waals surface area contributed by atoms with Crippen molar-refractivity contribution in [3.63, 3.8) is 0 Å². The molecule has 1 N–H and O–H groups in total. The molecule has 114 valence electrons. The summed E-state index contributed by atoms with van der Waals surface area (Å²) < 4.78 is 15.2. The van der Waals surface area contributed by atoms with E-state index in [9.17, 15) is 9.59 Å².